The van der Waals surface area contributed by atoms with Crippen LogP contribution in [0.25, 0.3) is 0 Å². The molecule has 1 unspecified atom stereocenters. The summed E-state index contributed by atoms with van der Waals surface area (Å²) in [6.45, 7) is 9.87. The summed E-state index contributed by atoms with van der Waals surface area (Å²) in [5.74, 6) is 0. The number of rotatable bonds is 2. The predicted molar refractivity (Wildman–Crippen MR) is 29.7 cm³/mol. The van der Waals surface area contributed by atoms with E-state index in [0.29, 0.717) is 0 Å². The van der Waals surface area contributed by atoms with Crippen LogP contribution in [0.1, 0.15) is 6.92 Å². The molecule has 0 heterocycles. The minimum absolute atomic E-state index is 1.00. The molecule has 39 valence electrons. The van der Waals surface area contributed by atoms with Gasteiger partial charge in [-0.2, -0.15) is 0 Å². The zero-order valence-corrected chi connectivity index (χ0v) is 4.39. The molecule has 0 saturated heterocycles. The van der Waals surface area contributed by atoms with Crippen LogP contribution in [-0.2, 0) is 0 Å². The van der Waals surface area contributed by atoms with Crippen LogP contribution in [0.5, 0.6) is 0 Å². The smallest absolute Gasteiger partial charge is 0.0980 e. The van der Waals surface area contributed by atoms with Crippen LogP contribution in [0.15, 0.2) is 18.7 Å². The second kappa shape index (κ2) is 1.94. The SMILES string of the molecule is [CH]=CC(C)(O)C=C. The maximum absolute atomic E-state index is 8.83. The standard InChI is InChI=1S/C6H9O/c1-4-6(3,7)5-2/h1,4-5,7H,2H2,3H3. The number of aliphatic hydroxyl groups is 1. The van der Waals surface area contributed by atoms with E-state index in [4.69, 9.17) is 11.7 Å². The third kappa shape index (κ3) is 2.18. The van der Waals surface area contributed by atoms with Crippen molar-refractivity contribution in [2.75, 3.05) is 0 Å². The van der Waals surface area contributed by atoms with Crippen LogP contribution in [0.3, 0.4) is 0 Å². The van der Waals surface area contributed by atoms with Gasteiger partial charge < -0.3 is 5.11 Å². The zero-order chi connectivity index (χ0) is 5.91. The second-order valence-electron chi connectivity index (χ2n) is 1.60. The molecule has 0 aromatic heterocycles. The maximum Gasteiger partial charge on any atom is 0.0980 e. The Morgan fingerprint density at radius 3 is 2.29 bits per heavy atom. The van der Waals surface area contributed by atoms with Crippen LogP contribution < -0.4 is 0 Å². The van der Waals surface area contributed by atoms with Crippen LogP contribution in [0, 0.1) is 6.58 Å². The van der Waals surface area contributed by atoms with Gasteiger partial charge in [0.15, 0.2) is 0 Å². The first kappa shape index (κ1) is 6.44. The van der Waals surface area contributed by atoms with E-state index in [0.717, 1.165) is 0 Å². The molecule has 0 aliphatic carbocycles. The Morgan fingerprint density at radius 1 is 1.86 bits per heavy atom. The highest BCUT2D eigenvalue weighted by atomic mass is 16.3. The molecule has 1 radical (unpaired) electrons. The Bertz CT molecular complexity index is 72.2. The third-order valence-corrected chi connectivity index (χ3v) is 0.751. The fourth-order valence-electron chi connectivity index (χ4n) is 0.0680. The van der Waals surface area contributed by atoms with Gasteiger partial charge in [-0.25, -0.2) is 0 Å². The van der Waals surface area contributed by atoms with E-state index in [2.05, 4.69) is 6.58 Å². The predicted octanol–water partition coefficient (Wildman–Crippen LogP) is 0.913. The molecule has 0 spiro atoms. The van der Waals surface area contributed by atoms with Gasteiger partial charge >= 0.3 is 0 Å². The van der Waals surface area contributed by atoms with Gasteiger partial charge in [0, 0.05) is 0 Å². The van der Waals surface area contributed by atoms with Gasteiger partial charge in [0.05, 0.1) is 5.60 Å². The van der Waals surface area contributed by atoms with Gasteiger partial charge in [-0.1, -0.05) is 19.2 Å². The lowest BCUT2D eigenvalue weighted by Crippen LogP contribution is -2.14. The van der Waals surface area contributed by atoms with Crippen molar-refractivity contribution in [3.63, 3.8) is 0 Å². The molecule has 0 rings (SSSR count). The maximum atomic E-state index is 8.83. The molecule has 0 bridgehead atoms. The highest BCUT2D eigenvalue weighted by molar-refractivity contribution is 5.03. The minimum Gasteiger partial charge on any atom is -0.382 e. The first-order valence-electron chi connectivity index (χ1n) is 2.04. The summed E-state index contributed by atoms with van der Waals surface area (Å²) in [5, 5.41) is 8.83. The molecule has 1 nitrogen and oxygen atoms in total. The second-order valence-corrected chi connectivity index (χ2v) is 1.60. The Balaban J connectivity index is 3.82. The highest BCUT2D eigenvalue weighted by Gasteiger charge is 2.06. The van der Waals surface area contributed by atoms with Gasteiger partial charge in [0.2, 0.25) is 0 Å². The summed E-state index contributed by atoms with van der Waals surface area (Å²) in [6.07, 6.45) is 2.55. The van der Waals surface area contributed by atoms with E-state index < -0.39 is 5.60 Å². The Morgan fingerprint density at radius 2 is 2.29 bits per heavy atom. The first-order valence-corrected chi connectivity index (χ1v) is 2.04. The molecule has 7 heavy (non-hydrogen) atoms. The Hall–Kier alpha value is -0.560. The van der Waals surface area contributed by atoms with E-state index in [9.17, 15) is 0 Å². The molecule has 0 saturated carbocycles. The average molecular weight is 97.1 g/mol. The largest absolute Gasteiger partial charge is 0.382 e. The average Bonchev–Trinajstić information content (AvgIpc) is 1.68. The molecule has 0 amide bonds. The van der Waals surface area contributed by atoms with Crippen LogP contribution >= 0.6 is 0 Å². The molecule has 0 aromatic rings. The molecular weight excluding hydrogens is 88.1 g/mol. The third-order valence-electron chi connectivity index (χ3n) is 0.751. The van der Waals surface area contributed by atoms with Gasteiger partial charge in [0.1, 0.15) is 0 Å². The number of hydrogen-bond donors (Lipinski definition) is 1. The molecule has 1 N–H and O–H groups in total. The van der Waals surface area contributed by atoms with Crippen molar-refractivity contribution in [1.82, 2.24) is 0 Å². The van der Waals surface area contributed by atoms with E-state index >= 15 is 0 Å². The summed E-state index contributed by atoms with van der Waals surface area (Å²) in [5.41, 5.74) is -1.00. The lowest BCUT2D eigenvalue weighted by Gasteiger charge is -2.09. The molecule has 0 aliphatic heterocycles. The van der Waals surface area contributed by atoms with Crippen molar-refractivity contribution < 1.29 is 5.11 Å². The van der Waals surface area contributed by atoms with Crippen LogP contribution in [-0.4, -0.2) is 10.7 Å². The molecule has 1 atom stereocenters. The normalized spacial score (nSPS) is 17.4. The van der Waals surface area contributed by atoms with Gasteiger partial charge in [-0.15, -0.1) is 0 Å². The zero-order valence-electron chi connectivity index (χ0n) is 4.39. The summed E-state index contributed by atoms with van der Waals surface area (Å²) in [7, 11) is 0. The molecule has 1 heteroatoms. The topological polar surface area (TPSA) is 20.2 Å². The van der Waals surface area contributed by atoms with Crippen LogP contribution in [0.4, 0.5) is 0 Å². The van der Waals surface area contributed by atoms with Crippen molar-refractivity contribution in [3.05, 3.63) is 25.3 Å². The lowest BCUT2D eigenvalue weighted by atomic mass is 10.1. The van der Waals surface area contributed by atoms with Crippen molar-refractivity contribution in [3.8, 4) is 0 Å². The van der Waals surface area contributed by atoms with E-state index in [1.807, 2.05) is 0 Å². The fourth-order valence-corrected chi connectivity index (χ4v) is 0.0680. The van der Waals surface area contributed by atoms with Crippen molar-refractivity contribution >= 4 is 0 Å². The van der Waals surface area contributed by atoms with Gasteiger partial charge in [0.25, 0.3) is 0 Å². The monoisotopic (exact) mass is 97.1 g/mol. The Kier molecular flexibility index (Phi) is 1.78. The van der Waals surface area contributed by atoms with Crippen LogP contribution in [0.2, 0.25) is 0 Å². The summed E-state index contributed by atoms with van der Waals surface area (Å²) in [4.78, 5) is 0. The molecule has 0 aromatic carbocycles. The quantitative estimate of drug-likeness (QED) is 0.508. The summed E-state index contributed by atoms with van der Waals surface area (Å²) < 4.78 is 0. The van der Waals surface area contributed by atoms with E-state index in [1.165, 1.54) is 12.2 Å². The minimum atomic E-state index is -1.00. The summed E-state index contributed by atoms with van der Waals surface area (Å²) in [6, 6.07) is 0. The fraction of sp³-hybridized carbons (Fsp3) is 0.333. The Labute approximate surface area is 44.0 Å². The van der Waals surface area contributed by atoms with Crippen molar-refractivity contribution in [2.24, 2.45) is 0 Å². The first-order chi connectivity index (χ1) is 3.12. The molecule has 0 fully saturated rings. The van der Waals surface area contributed by atoms with E-state index in [-0.39, 0.29) is 0 Å². The summed E-state index contributed by atoms with van der Waals surface area (Å²) >= 11 is 0. The molecular formula is C6H9O. The highest BCUT2D eigenvalue weighted by Crippen LogP contribution is 2.02. The van der Waals surface area contributed by atoms with E-state index in [1.54, 1.807) is 6.92 Å². The van der Waals surface area contributed by atoms with Gasteiger partial charge in [-0.3, -0.25) is 0 Å². The molecule has 0 aliphatic rings. The number of hydrogen-bond acceptors (Lipinski definition) is 1. The van der Waals surface area contributed by atoms with Crippen molar-refractivity contribution in [2.45, 2.75) is 12.5 Å². The van der Waals surface area contributed by atoms with Gasteiger partial charge in [-0.05, 0) is 13.0 Å². The van der Waals surface area contributed by atoms with Crippen molar-refractivity contribution in [1.29, 1.82) is 0 Å². The lowest BCUT2D eigenvalue weighted by molar-refractivity contribution is 0.164.